The first-order valence-corrected chi connectivity index (χ1v) is 7.49. The van der Waals surface area contributed by atoms with Crippen molar-refractivity contribution in [3.8, 4) is 0 Å². The van der Waals surface area contributed by atoms with Gasteiger partial charge in [0.25, 0.3) is 0 Å². The summed E-state index contributed by atoms with van der Waals surface area (Å²) in [4.78, 5) is 8.93. The number of nitrogens with zero attached hydrogens (tertiary/aromatic N) is 2. The molecule has 0 spiro atoms. The van der Waals surface area contributed by atoms with Crippen LogP contribution in [0.3, 0.4) is 0 Å². The number of anilines is 2. The molecule has 4 heteroatoms. The topological polar surface area (TPSA) is 37.8 Å². The van der Waals surface area contributed by atoms with Gasteiger partial charge in [0, 0.05) is 0 Å². The van der Waals surface area contributed by atoms with Crippen LogP contribution in [0.4, 0.5) is 10.4 Å². The van der Waals surface area contributed by atoms with Gasteiger partial charge in [0.05, 0.1) is 0 Å². The van der Waals surface area contributed by atoms with Crippen molar-refractivity contribution >= 4 is 34.8 Å². The third-order valence-corrected chi connectivity index (χ3v) is 4.80. The van der Waals surface area contributed by atoms with Gasteiger partial charge in [-0.2, -0.15) is 0 Å². The molecule has 3 aromatic rings. The molecule has 0 aliphatic rings. The predicted molar refractivity (Wildman–Crippen MR) is 75.7 cm³/mol. The summed E-state index contributed by atoms with van der Waals surface area (Å²) in [5.74, 6) is 0. The summed E-state index contributed by atoms with van der Waals surface area (Å²) in [7, 11) is 0. The number of aromatic nitrogens is 2. The molecule has 0 saturated carbocycles. The van der Waals surface area contributed by atoms with E-state index in [2.05, 4.69) is 47.3 Å². The van der Waals surface area contributed by atoms with Gasteiger partial charge in [0.1, 0.15) is 0 Å². The number of benzene rings is 1. The van der Waals surface area contributed by atoms with Crippen molar-refractivity contribution in [3.05, 3.63) is 47.7 Å². The Bertz CT molecular complexity index is 670. The fourth-order valence-corrected chi connectivity index (χ4v) is 3.50. The van der Waals surface area contributed by atoms with E-state index >= 15 is 0 Å². The Balaban J connectivity index is 1.93. The van der Waals surface area contributed by atoms with Crippen LogP contribution >= 0.6 is 0 Å². The fourth-order valence-electron chi connectivity index (χ4n) is 1.77. The van der Waals surface area contributed by atoms with Gasteiger partial charge < -0.3 is 0 Å². The molecule has 0 fully saturated rings. The van der Waals surface area contributed by atoms with Crippen molar-refractivity contribution in [1.82, 2.24) is 9.97 Å². The first-order chi connectivity index (χ1) is 8.72. The van der Waals surface area contributed by atoms with E-state index in [0.717, 1.165) is 20.3 Å². The number of hydrogen-bond acceptors (Lipinski definition) is 3. The van der Waals surface area contributed by atoms with Crippen LogP contribution in [-0.2, 0) is 0 Å². The van der Waals surface area contributed by atoms with E-state index in [-0.39, 0.29) is 14.5 Å². The van der Waals surface area contributed by atoms with Crippen LogP contribution in [0.5, 0.6) is 0 Å². The standard InChI is InChI=1S/C14H13N3Se/c1-9-5-6-11(8-10(9)2)16-14-17-12-4-3-7-15-13(12)18-14/h3-8H,1-2H3,(H,16,17). The molecule has 0 aliphatic carbocycles. The van der Waals surface area contributed by atoms with Gasteiger partial charge in [-0.3, -0.25) is 0 Å². The number of aryl methyl sites for hydroxylation is 2. The van der Waals surface area contributed by atoms with E-state index in [1.165, 1.54) is 11.1 Å². The van der Waals surface area contributed by atoms with Crippen LogP contribution in [0.1, 0.15) is 11.1 Å². The summed E-state index contributed by atoms with van der Waals surface area (Å²) in [6.45, 7) is 4.24. The van der Waals surface area contributed by atoms with Gasteiger partial charge in [0.2, 0.25) is 0 Å². The molecule has 3 rings (SSSR count). The Labute approximate surface area is 112 Å². The number of fused-ring (bicyclic) bond motifs is 1. The molecule has 0 amide bonds. The zero-order valence-electron chi connectivity index (χ0n) is 10.3. The molecule has 0 atom stereocenters. The van der Waals surface area contributed by atoms with Crippen LogP contribution in [-0.4, -0.2) is 24.5 Å². The molecule has 0 unspecified atom stereocenters. The average molecular weight is 302 g/mol. The third kappa shape index (κ3) is 2.17. The Morgan fingerprint density at radius 2 is 2.00 bits per heavy atom. The number of nitrogens with one attached hydrogen (secondary N) is 1. The second kappa shape index (κ2) is 4.56. The van der Waals surface area contributed by atoms with Gasteiger partial charge in [0.15, 0.2) is 0 Å². The molecule has 1 aromatic carbocycles. The molecule has 3 nitrogen and oxygen atoms in total. The first kappa shape index (κ1) is 11.4. The minimum absolute atomic E-state index is 0.190. The van der Waals surface area contributed by atoms with Crippen LogP contribution < -0.4 is 5.32 Å². The van der Waals surface area contributed by atoms with Crippen molar-refractivity contribution in [3.63, 3.8) is 0 Å². The second-order valence-electron chi connectivity index (χ2n) is 4.27. The molecule has 0 saturated heterocycles. The number of rotatable bonds is 2. The fraction of sp³-hybridized carbons (Fsp3) is 0.143. The normalized spacial score (nSPS) is 10.8. The van der Waals surface area contributed by atoms with Gasteiger partial charge in [-0.25, -0.2) is 0 Å². The Morgan fingerprint density at radius 3 is 2.78 bits per heavy atom. The van der Waals surface area contributed by atoms with E-state index in [1.54, 1.807) is 0 Å². The van der Waals surface area contributed by atoms with Crippen molar-refractivity contribution in [1.29, 1.82) is 0 Å². The summed E-state index contributed by atoms with van der Waals surface area (Å²) in [6.07, 6.45) is 1.83. The van der Waals surface area contributed by atoms with E-state index in [4.69, 9.17) is 0 Å². The molecular weight excluding hydrogens is 289 g/mol. The van der Waals surface area contributed by atoms with Gasteiger partial charge in [-0.15, -0.1) is 0 Å². The molecule has 2 aromatic heterocycles. The summed E-state index contributed by atoms with van der Waals surface area (Å²) < 4.78 is 2.13. The number of pyridine rings is 1. The zero-order valence-corrected chi connectivity index (χ0v) is 12.0. The quantitative estimate of drug-likeness (QED) is 0.739. The first-order valence-electron chi connectivity index (χ1n) is 5.78. The van der Waals surface area contributed by atoms with Gasteiger partial charge in [-0.05, 0) is 0 Å². The summed E-state index contributed by atoms with van der Waals surface area (Å²) in [6, 6.07) is 10.3. The summed E-state index contributed by atoms with van der Waals surface area (Å²) in [5, 5.41) is 3.39. The van der Waals surface area contributed by atoms with Crippen LogP contribution in [0.25, 0.3) is 9.91 Å². The van der Waals surface area contributed by atoms with E-state index < -0.39 is 0 Å². The molecule has 0 aliphatic heterocycles. The molecular formula is C14H13N3Se. The van der Waals surface area contributed by atoms with E-state index in [1.807, 2.05) is 18.3 Å². The van der Waals surface area contributed by atoms with Crippen molar-refractivity contribution in [2.24, 2.45) is 0 Å². The zero-order chi connectivity index (χ0) is 12.5. The van der Waals surface area contributed by atoms with Crippen molar-refractivity contribution < 1.29 is 0 Å². The molecule has 0 bridgehead atoms. The van der Waals surface area contributed by atoms with E-state index in [9.17, 15) is 0 Å². The predicted octanol–water partition coefficient (Wildman–Crippen LogP) is 3.05. The molecule has 0 radical (unpaired) electrons. The Hall–Kier alpha value is -1.64. The monoisotopic (exact) mass is 303 g/mol. The summed E-state index contributed by atoms with van der Waals surface area (Å²) >= 11 is 0.190. The Morgan fingerprint density at radius 1 is 1.11 bits per heavy atom. The summed E-state index contributed by atoms with van der Waals surface area (Å²) in [5.41, 5.74) is 4.71. The Kier molecular flexibility index (Phi) is 2.90. The van der Waals surface area contributed by atoms with Gasteiger partial charge in [-0.1, -0.05) is 0 Å². The van der Waals surface area contributed by atoms with Gasteiger partial charge >= 0.3 is 112 Å². The molecule has 18 heavy (non-hydrogen) atoms. The van der Waals surface area contributed by atoms with Crippen LogP contribution in [0.15, 0.2) is 36.5 Å². The minimum atomic E-state index is 0.190. The van der Waals surface area contributed by atoms with Crippen LogP contribution in [0.2, 0.25) is 0 Å². The van der Waals surface area contributed by atoms with Crippen molar-refractivity contribution in [2.75, 3.05) is 5.32 Å². The maximum atomic E-state index is 4.57. The third-order valence-electron chi connectivity index (χ3n) is 2.92. The number of hydrogen-bond donors (Lipinski definition) is 1. The van der Waals surface area contributed by atoms with Crippen molar-refractivity contribution in [2.45, 2.75) is 13.8 Å². The second-order valence-corrected chi connectivity index (χ2v) is 6.32. The molecule has 90 valence electrons. The molecule has 1 N–H and O–H groups in total. The molecule has 2 heterocycles. The maximum absolute atomic E-state index is 4.57. The SMILES string of the molecule is Cc1ccc(Nc2nc3cccnc3[se]2)cc1C. The van der Waals surface area contributed by atoms with Crippen LogP contribution in [0, 0.1) is 13.8 Å². The average Bonchev–Trinajstić information content (AvgIpc) is 2.76. The van der Waals surface area contributed by atoms with E-state index in [0.29, 0.717) is 0 Å².